The minimum atomic E-state index is -0.467. The second-order valence-corrected chi connectivity index (χ2v) is 7.20. The molecule has 3 aromatic rings. The lowest BCUT2D eigenvalue weighted by Crippen LogP contribution is -2.38. The number of hydrogen-bond donors (Lipinski definition) is 1. The van der Waals surface area contributed by atoms with E-state index in [0.717, 1.165) is 35.1 Å². The lowest BCUT2D eigenvalue weighted by molar-refractivity contribution is 0.0705. The molecule has 3 heterocycles. The molecule has 1 saturated carbocycles. The molecule has 1 atom stereocenters. The quantitative estimate of drug-likeness (QED) is 0.789. The molecule has 26 heavy (non-hydrogen) atoms. The number of rotatable bonds is 3. The SMILES string of the molecule is O=C(c1ccc2ncccc2c1)N1CCn2nc(C(O)C3CC3)cc2C1. The number of carbonyl (C=O) groups is 1. The highest BCUT2D eigenvalue weighted by Crippen LogP contribution is 2.40. The van der Waals surface area contributed by atoms with Crippen molar-refractivity contribution in [3.63, 3.8) is 0 Å². The summed E-state index contributed by atoms with van der Waals surface area (Å²) in [6, 6.07) is 11.4. The minimum Gasteiger partial charge on any atom is -0.386 e. The number of nitrogens with zero attached hydrogens (tertiary/aromatic N) is 4. The monoisotopic (exact) mass is 348 g/mol. The Morgan fingerprint density at radius 2 is 2.08 bits per heavy atom. The maximum Gasteiger partial charge on any atom is 0.254 e. The van der Waals surface area contributed by atoms with Crippen LogP contribution < -0.4 is 0 Å². The van der Waals surface area contributed by atoms with E-state index in [9.17, 15) is 9.90 Å². The molecule has 1 aliphatic carbocycles. The van der Waals surface area contributed by atoms with E-state index in [1.54, 1.807) is 6.20 Å². The summed E-state index contributed by atoms with van der Waals surface area (Å²) in [6.45, 7) is 1.81. The van der Waals surface area contributed by atoms with Gasteiger partial charge in [-0.1, -0.05) is 6.07 Å². The van der Waals surface area contributed by atoms with E-state index in [1.807, 2.05) is 46.0 Å². The first-order valence-corrected chi connectivity index (χ1v) is 9.08. The smallest absolute Gasteiger partial charge is 0.254 e. The van der Waals surface area contributed by atoms with Gasteiger partial charge in [-0.3, -0.25) is 14.5 Å². The van der Waals surface area contributed by atoms with Crippen molar-refractivity contribution in [3.8, 4) is 0 Å². The lowest BCUT2D eigenvalue weighted by Gasteiger charge is -2.27. The molecule has 1 aromatic carbocycles. The van der Waals surface area contributed by atoms with Gasteiger partial charge in [0.25, 0.3) is 5.91 Å². The summed E-state index contributed by atoms with van der Waals surface area (Å²) >= 11 is 0. The van der Waals surface area contributed by atoms with Gasteiger partial charge in [-0.25, -0.2) is 0 Å². The Morgan fingerprint density at radius 1 is 1.19 bits per heavy atom. The van der Waals surface area contributed by atoms with Crippen LogP contribution >= 0.6 is 0 Å². The Labute approximate surface area is 151 Å². The van der Waals surface area contributed by atoms with Crippen LogP contribution in [0, 0.1) is 5.92 Å². The number of pyridine rings is 1. The van der Waals surface area contributed by atoms with Gasteiger partial charge in [-0.2, -0.15) is 5.10 Å². The summed E-state index contributed by atoms with van der Waals surface area (Å²) in [6.07, 6.45) is 3.43. The van der Waals surface area contributed by atoms with Gasteiger partial charge in [0, 0.05) is 23.7 Å². The van der Waals surface area contributed by atoms with Crippen LogP contribution in [0.1, 0.15) is 40.7 Å². The number of carbonyl (C=O) groups excluding carboxylic acids is 1. The van der Waals surface area contributed by atoms with Crippen molar-refractivity contribution in [2.75, 3.05) is 6.54 Å². The second kappa shape index (κ2) is 5.92. The predicted molar refractivity (Wildman–Crippen MR) is 96.4 cm³/mol. The van der Waals surface area contributed by atoms with Crippen molar-refractivity contribution in [3.05, 3.63) is 59.5 Å². The summed E-state index contributed by atoms with van der Waals surface area (Å²) in [5.74, 6) is 0.378. The topological polar surface area (TPSA) is 71.2 Å². The molecule has 1 unspecified atom stereocenters. The average molecular weight is 348 g/mol. The molecule has 0 radical (unpaired) electrons. The van der Waals surface area contributed by atoms with Crippen LogP contribution in [-0.2, 0) is 13.1 Å². The van der Waals surface area contributed by atoms with Crippen LogP contribution in [0.15, 0.2) is 42.6 Å². The minimum absolute atomic E-state index is 0.0208. The lowest BCUT2D eigenvalue weighted by atomic mass is 10.1. The molecular weight excluding hydrogens is 328 g/mol. The fourth-order valence-electron chi connectivity index (χ4n) is 3.65. The molecule has 5 rings (SSSR count). The summed E-state index contributed by atoms with van der Waals surface area (Å²) < 4.78 is 1.93. The fraction of sp³-hybridized carbons (Fsp3) is 0.350. The molecule has 2 aliphatic rings. The van der Waals surface area contributed by atoms with E-state index < -0.39 is 6.10 Å². The Balaban J connectivity index is 1.38. The highest BCUT2D eigenvalue weighted by atomic mass is 16.3. The summed E-state index contributed by atoms with van der Waals surface area (Å²) in [5.41, 5.74) is 3.30. The summed E-state index contributed by atoms with van der Waals surface area (Å²) in [5, 5.41) is 15.8. The zero-order valence-corrected chi connectivity index (χ0v) is 14.4. The highest BCUT2D eigenvalue weighted by molar-refractivity contribution is 5.97. The zero-order chi connectivity index (χ0) is 17.7. The van der Waals surface area contributed by atoms with E-state index in [-0.39, 0.29) is 5.91 Å². The van der Waals surface area contributed by atoms with Gasteiger partial charge < -0.3 is 10.0 Å². The summed E-state index contributed by atoms with van der Waals surface area (Å²) in [7, 11) is 0. The van der Waals surface area contributed by atoms with Crippen molar-refractivity contribution in [2.24, 2.45) is 5.92 Å². The molecule has 0 spiro atoms. The molecule has 1 aliphatic heterocycles. The predicted octanol–water partition coefficient (Wildman–Crippen LogP) is 2.53. The molecule has 6 nitrogen and oxygen atoms in total. The third kappa shape index (κ3) is 2.66. The van der Waals surface area contributed by atoms with Crippen LogP contribution in [0.5, 0.6) is 0 Å². The molecule has 1 fully saturated rings. The number of aliphatic hydroxyl groups is 1. The van der Waals surface area contributed by atoms with Gasteiger partial charge in [-0.15, -0.1) is 0 Å². The van der Waals surface area contributed by atoms with E-state index in [0.29, 0.717) is 31.1 Å². The fourth-order valence-corrected chi connectivity index (χ4v) is 3.65. The van der Waals surface area contributed by atoms with Crippen molar-refractivity contribution >= 4 is 16.8 Å². The third-order valence-electron chi connectivity index (χ3n) is 5.33. The molecule has 1 amide bonds. The zero-order valence-electron chi connectivity index (χ0n) is 14.4. The maximum atomic E-state index is 12.9. The molecule has 2 aromatic heterocycles. The van der Waals surface area contributed by atoms with Gasteiger partial charge in [0.15, 0.2) is 0 Å². The third-order valence-corrected chi connectivity index (χ3v) is 5.33. The first-order chi connectivity index (χ1) is 12.7. The van der Waals surface area contributed by atoms with Crippen molar-refractivity contribution in [1.82, 2.24) is 19.7 Å². The Kier molecular flexibility index (Phi) is 3.53. The number of benzene rings is 1. The Hall–Kier alpha value is -2.73. The Bertz CT molecular complexity index is 992. The Morgan fingerprint density at radius 3 is 2.92 bits per heavy atom. The van der Waals surface area contributed by atoms with Gasteiger partial charge in [0.2, 0.25) is 0 Å². The van der Waals surface area contributed by atoms with Gasteiger partial charge in [0.1, 0.15) is 6.10 Å². The molecule has 1 N–H and O–H groups in total. The van der Waals surface area contributed by atoms with Crippen molar-refractivity contribution in [1.29, 1.82) is 0 Å². The molecular formula is C20H20N4O2. The summed E-state index contributed by atoms with van der Waals surface area (Å²) in [4.78, 5) is 19.1. The number of aromatic nitrogens is 3. The number of hydrogen-bond acceptors (Lipinski definition) is 4. The van der Waals surface area contributed by atoms with E-state index in [4.69, 9.17) is 0 Å². The van der Waals surface area contributed by atoms with Crippen molar-refractivity contribution in [2.45, 2.75) is 32.0 Å². The second-order valence-electron chi connectivity index (χ2n) is 7.20. The van der Waals surface area contributed by atoms with Crippen LogP contribution in [-0.4, -0.2) is 37.2 Å². The average Bonchev–Trinajstić information content (AvgIpc) is 3.44. The van der Waals surface area contributed by atoms with Crippen molar-refractivity contribution < 1.29 is 9.90 Å². The van der Waals surface area contributed by atoms with Crippen LogP contribution in [0.4, 0.5) is 0 Å². The first-order valence-electron chi connectivity index (χ1n) is 9.08. The molecule has 0 saturated heterocycles. The van der Waals surface area contributed by atoms with Crippen LogP contribution in [0.2, 0.25) is 0 Å². The standard InChI is InChI=1S/C20H20N4O2/c25-19(13-3-4-13)18-11-16-12-23(8-9-24(16)22-18)20(26)15-5-6-17-14(10-15)2-1-7-21-17/h1-2,5-7,10-11,13,19,25H,3-4,8-9,12H2. The molecule has 6 heteroatoms. The van der Waals surface area contributed by atoms with Crippen LogP contribution in [0.3, 0.4) is 0 Å². The first kappa shape index (κ1) is 15.5. The van der Waals surface area contributed by atoms with E-state index in [1.165, 1.54) is 0 Å². The molecule has 0 bridgehead atoms. The van der Waals surface area contributed by atoms with Gasteiger partial charge >= 0.3 is 0 Å². The van der Waals surface area contributed by atoms with E-state index in [2.05, 4.69) is 10.1 Å². The number of amides is 1. The maximum absolute atomic E-state index is 12.9. The highest BCUT2D eigenvalue weighted by Gasteiger charge is 2.33. The van der Waals surface area contributed by atoms with Crippen LogP contribution in [0.25, 0.3) is 10.9 Å². The number of aliphatic hydroxyl groups excluding tert-OH is 1. The molecule has 132 valence electrons. The normalized spacial score (nSPS) is 18.0. The number of fused-ring (bicyclic) bond motifs is 2. The largest absolute Gasteiger partial charge is 0.386 e. The van der Waals surface area contributed by atoms with Gasteiger partial charge in [-0.05, 0) is 49.1 Å². The van der Waals surface area contributed by atoms with Gasteiger partial charge in [0.05, 0.1) is 30.0 Å². The van der Waals surface area contributed by atoms with E-state index >= 15 is 0 Å².